The quantitative estimate of drug-likeness (QED) is 0.704. The minimum atomic E-state index is -0.495. The van der Waals surface area contributed by atoms with Gasteiger partial charge in [-0.05, 0) is 35.9 Å². The van der Waals surface area contributed by atoms with Crippen LogP contribution in [-0.2, 0) is 11.3 Å². The van der Waals surface area contributed by atoms with Crippen LogP contribution in [0.4, 0.5) is 15.8 Å². The van der Waals surface area contributed by atoms with Gasteiger partial charge in [0.05, 0.1) is 29.5 Å². The fraction of sp³-hybridized carbons (Fsp3) is 0.318. The van der Waals surface area contributed by atoms with E-state index in [2.05, 4.69) is 34.2 Å². The van der Waals surface area contributed by atoms with E-state index in [0.29, 0.717) is 5.69 Å². The molecule has 2 aromatic carbocycles. The molecule has 1 fully saturated rings. The van der Waals surface area contributed by atoms with Crippen LogP contribution >= 0.6 is 23.4 Å². The summed E-state index contributed by atoms with van der Waals surface area (Å²) >= 11 is 7.42. The van der Waals surface area contributed by atoms with E-state index in [-0.39, 0.29) is 10.5 Å². The van der Waals surface area contributed by atoms with Crippen molar-refractivity contribution in [1.29, 1.82) is 0 Å². The van der Waals surface area contributed by atoms with E-state index in [1.165, 1.54) is 23.4 Å². The van der Waals surface area contributed by atoms with Gasteiger partial charge in [0.2, 0.25) is 0 Å². The number of thioether (sulfide) groups is 1. The van der Waals surface area contributed by atoms with E-state index in [9.17, 15) is 4.39 Å². The molecule has 10 heteroatoms. The van der Waals surface area contributed by atoms with Gasteiger partial charge >= 0.3 is 0 Å². The number of morpholine rings is 1. The average molecular weight is 475 g/mol. The lowest BCUT2D eigenvalue weighted by Gasteiger charge is -2.31. The zero-order valence-electron chi connectivity index (χ0n) is 17.3. The molecule has 0 aromatic heterocycles. The molecule has 0 spiro atoms. The standard InChI is InChI=1S/C22H24ClFN6OS/c23-17-11-16(5-6-18(17)24)29-13-27-21-19(20(29)25)32-22(26)30(21)15-3-1-14(2-4-15)12-28-7-9-31-10-8-28/h1-6,11,13,20,22H,7-10,12,25-26H2. The molecule has 3 aliphatic rings. The maximum atomic E-state index is 13.6. The number of ether oxygens (including phenoxy) is 1. The first-order valence-corrected chi connectivity index (χ1v) is 11.6. The maximum absolute atomic E-state index is 13.6. The van der Waals surface area contributed by atoms with Gasteiger partial charge in [-0.25, -0.2) is 9.38 Å². The SMILES string of the molecule is NC1C2=C(N=CN1c1ccc(F)c(Cl)c1)N(c1ccc(CN3CCOCC3)cc1)C(N)S2. The Morgan fingerprint density at radius 1 is 1.09 bits per heavy atom. The van der Waals surface area contributed by atoms with Crippen molar-refractivity contribution < 1.29 is 9.13 Å². The molecule has 2 atom stereocenters. The van der Waals surface area contributed by atoms with Crippen molar-refractivity contribution in [2.24, 2.45) is 16.5 Å². The highest BCUT2D eigenvalue weighted by molar-refractivity contribution is 8.04. The number of nitrogens with zero attached hydrogens (tertiary/aromatic N) is 4. The van der Waals surface area contributed by atoms with Gasteiger partial charge in [0.15, 0.2) is 0 Å². The molecule has 7 nitrogen and oxygen atoms in total. The average Bonchev–Trinajstić information content (AvgIpc) is 3.14. The van der Waals surface area contributed by atoms with E-state index in [1.807, 2.05) is 4.90 Å². The first-order valence-electron chi connectivity index (χ1n) is 10.4. The highest BCUT2D eigenvalue weighted by Gasteiger charge is 2.38. The van der Waals surface area contributed by atoms with Gasteiger partial charge < -0.3 is 21.1 Å². The largest absolute Gasteiger partial charge is 0.379 e. The maximum Gasteiger partial charge on any atom is 0.150 e. The van der Waals surface area contributed by atoms with Crippen LogP contribution < -0.4 is 21.3 Å². The fourth-order valence-electron chi connectivity index (χ4n) is 4.04. The number of halogens is 2. The Morgan fingerprint density at radius 3 is 2.53 bits per heavy atom. The predicted octanol–water partition coefficient (Wildman–Crippen LogP) is 3.11. The minimum absolute atomic E-state index is 0.0393. The lowest BCUT2D eigenvalue weighted by molar-refractivity contribution is 0.0342. The van der Waals surface area contributed by atoms with Gasteiger partial charge in [0.1, 0.15) is 23.3 Å². The fourth-order valence-corrected chi connectivity index (χ4v) is 5.31. The molecule has 0 saturated carbocycles. The van der Waals surface area contributed by atoms with Crippen LogP contribution in [0.25, 0.3) is 0 Å². The van der Waals surface area contributed by atoms with Gasteiger partial charge in [-0.3, -0.25) is 9.80 Å². The third-order valence-electron chi connectivity index (χ3n) is 5.75. The monoisotopic (exact) mass is 474 g/mol. The molecule has 0 aliphatic carbocycles. The summed E-state index contributed by atoms with van der Waals surface area (Å²) in [6.07, 6.45) is 1.15. The normalized spacial score (nSPS) is 23.8. The first kappa shape index (κ1) is 21.7. The first-order chi connectivity index (χ1) is 15.5. The summed E-state index contributed by atoms with van der Waals surface area (Å²) in [5, 5.41) is 0.0393. The summed E-state index contributed by atoms with van der Waals surface area (Å²) in [5.41, 5.74) is 15.5. The van der Waals surface area contributed by atoms with E-state index in [1.54, 1.807) is 23.4 Å². The molecule has 4 N–H and O–H groups in total. The van der Waals surface area contributed by atoms with Crippen molar-refractivity contribution in [3.8, 4) is 0 Å². The second kappa shape index (κ2) is 9.01. The Labute approximate surface area is 195 Å². The Bertz CT molecular complexity index is 1060. The van der Waals surface area contributed by atoms with Crippen LogP contribution in [0.5, 0.6) is 0 Å². The molecule has 2 aromatic rings. The molecule has 168 valence electrons. The second-order valence-electron chi connectivity index (χ2n) is 7.82. The number of aliphatic imine (C=N–C) groups is 1. The summed E-state index contributed by atoms with van der Waals surface area (Å²) < 4.78 is 19.0. The molecule has 0 amide bonds. The highest BCUT2D eigenvalue weighted by Crippen LogP contribution is 2.43. The van der Waals surface area contributed by atoms with Crippen LogP contribution in [0.1, 0.15) is 5.56 Å². The summed E-state index contributed by atoms with van der Waals surface area (Å²) in [4.78, 5) is 11.6. The molecule has 3 aliphatic heterocycles. The van der Waals surface area contributed by atoms with Crippen LogP contribution in [0.3, 0.4) is 0 Å². The predicted molar refractivity (Wildman–Crippen MR) is 128 cm³/mol. The van der Waals surface area contributed by atoms with Crippen LogP contribution in [0, 0.1) is 5.82 Å². The Morgan fingerprint density at radius 2 is 1.81 bits per heavy atom. The molecule has 3 heterocycles. The summed E-state index contributed by atoms with van der Waals surface area (Å²) in [5.74, 6) is 0.263. The van der Waals surface area contributed by atoms with Gasteiger partial charge in [0.25, 0.3) is 0 Å². The van der Waals surface area contributed by atoms with Crippen molar-refractivity contribution in [3.63, 3.8) is 0 Å². The van der Waals surface area contributed by atoms with Gasteiger partial charge in [0, 0.05) is 31.0 Å². The topological polar surface area (TPSA) is 83.3 Å². The lowest BCUT2D eigenvalue weighted by Crippen LogP contribution is -2.44. The summed E-state index contributed by atoms with van der Waals surface area (Å²) in [7, 11) is 0. The molecule has 2 unspecified atom stereocenters. The second-order valence-corrected chi connectivity index (χ2v) is 9.38. The summed E-state index contributed by atoms with van der Waals surface area (Å²) in [6, 6.07) is 12.9. The molecular weight excluding hydrogens is 451 g/mol. The van der Waals surface area contributed by atoms with Crippen molar-refractivity contribution in [3.05, 3.63) is 69.6 Å². The van der Waals surface area contributed by atoms with Gasteiger partial charge in [-0.15, -0.1) is 0 Å². The Balaban J connectivity index is 1.35. The highest BCUT2D eigenvalue weighted by atomic mass is 35.5. The third-order valence-corrected chi connectivity index (χ3v) is 7.17. The number of hydrogen-bond donors (Lipinski definition) is 2. The van der Waals surface area contributed by atoms with Crippen LogP contribution in [0.2, 0.25) is 5.02 Å². The van der Waals surface area contributed by atoms with Crippen molar-refractivity contribution >= 4 is 41.1 Å². The van der Waals surface area contributed by atoms with E-state index in [4.69, 9.17) is 27.8 Å². The van der Waals surface area contributed by atoms with Gasteiger partial charge in [-0.1, -0.05) is 35.5 Å². The summed E-state index contributed by atoms with van der Waals surface area (Å²) in [6.45, 7) is 4.38. The van der Waals surface area contributed by atoms with Crippen LogP contribution in [0.15, 0.2) is 58.2 Å². The zero-order chi connectivity index (χ0) is 22.2. The lowest BCUT2D eigenvalue weighted by atomic mass is 10.1. The van der Waals surface area contributed by atoms with Crippen LogP contribution in [-0.4, -0.2) is 49.2 Å². The molecule has 0 radical (unpaired) electrons. The minimum Gasteiger partial charge on any atom is -0.379 e. The van der Waals surface area contributed by atoms with E-state index in [0.717, 1.165) is 49.3 Å². The number of benzene rings is 2. The Kier molecular flexibility index (Phi) is 6.11. The van der Waals surface area contributed by atoms with Crippen molar-refractivity contribution in [2.75, 3.05) is 36.1 Å². The third kappa shape index (κ3) is 4.12. The molecular formula is C22H24ClFN6OS. The van der Waals surface area contributed by atoms with E-state index >= 15 is 0 Å². The molecule has 1 saturated heterocycles. The number of hydrogen-bond acceptors (Lipinski definition) is 8. The van der Waals surface area contributed by atoms with Gasteiger partial charge in [-0.2, -0.15) is 0 Å². The molecule has 5 rings (SSSR count). The number of anilines is 2. The zero-order valence-corrected chi connectivity index (χ0v) is 18.9. The Hall–Kier alpha value is -2.14. The molecule has 32 heavy (non-hydrogen) atoms. The van der Waals surface area contributed by atoms with Crippen molar-refractivity contribution in [2.45, 2.75) is 18.2 Å². The number of rotatable bonds is 4. The molecule has 0 bridgehead atoms. The smallest absolute Gasteiger partial charge is 0.150 e. The van der Waals surface area contributed by atoms with E-state index < -0.39 is 12.0 Å². The number of nitrogens with two attached hydrogens (primary N) is 2. The van der Waals surface area contributed by atoms with Crippen molar-refractivity contribution in [1.82, 2.24) is 4.90 Å².